The number of hydrogen-bond acceptors (Lipinski definition) is 2. The first-order valence-corrected chi connectivity index (χ1v) is 6.81. The van der Waals surface area contributed by atoms with Crippen molar-refractivity contribution in [3.63, 3.8) is 0 Å². The molecule has 0 amide bonds. The molecular weight excluding hydrogens is 222 g/mol. The summed E-state index contributed by atoms with van der Waals surface area (Å²) in [5, 5.41) is 9.65. The summed E-state index contributed by atoms with van der Waals surface area (Å²) in [6.45, 7) is 5.13. The third kappa shape index (κ3) is 2.51. The molecule has 1 atom stereocenters. The van der Waals surface area contributed by atoms with Gasteiger partial charge in [-0.05, 0) is 18.4 Å². The van der Waals surface area contributed by atoms with E-state index in [1.165, 1.54) is 6.42 Å². The van der Waals surface area contributed by atoms with Gasteiger partial charge in [0.25, 0.3) is 0 Å². The zero-order chi connectivity index (χ0) is 13.0. The van der Waals surface area contributed by atoms with Gasteiger partial charge in [0.15, 0.2) is 0 Å². The highest BCUT2D eigenvalue weighted by molar-refractivity contribution is 5.45. The molecule has 1 heterocycles. The van der Waals surface area contributed by atoms with Crippen molar-refractivity contribution < 1.29 is 4.74 Å². The van der Waals surface area contributed by atoms with Crippen LogP contribution in [-0.2, 0) is 5.41 Å². The van der Waals surface area contributed by atoms with E-state index in [4.69, 9.17) is 4.74 Å². The lowest BCUT2D eigenvalue weighted by molar-refractivity contribution is 0.232. The largest absolute Gasteiger partial charge is 0.493 e. The van der Waals surface area contributed by atoms with Crippen LogP contribution in [-0.4, -0.2) is 6.61 Å². The van der Waals surface area contributed by atoms with Gasteiger partial charge >= 0.3 is 0 Å². The number of rotatable bonds is 4. The molecular formula is C16H21NO. The van der Waals surface area contributed by atoms with Crippen LogP contribution in [0.15, 0.2) is 24.3 Å². The number of para-hydroxylation sites is 1. The summed E-state index contributed by atoms with van der Waals surface area (Å²) in [4.78, 5) is 0. The number of ether oxygens (including phenoxy) is 1. The van der Waals surface area contributed by atoms with E-state index in [2.05, 4.69) is 19.9 Å². The molecule has 1 aromatic rings. The zero-order valence-corrected chi connectivity index (χ0v) is 11.3. The number of nitrogens with zero attached hydrogens (tertiary/aromatic N) is 1. The average Bonchev–Trinajstić information content (AvgIpc) is 2.38. The molecule has 18 heavy (non-hydrogen) atoms. The second kappa shape index (κ2) is 5.44. The normalized spacial score (nSPS) is 22.1. The van der Waals surface area contributed by atoms with Crippen molar-refractivity contribution in [1.29, 1.82) is 5.26 Å². The van der Waals surface area contributed by atoms with Crippen LogP contribution in [0.2, 0.25) is 0 Å². The topological polar surface area (TPSA) is 33.0 Å². The predicted octanol–water partition coefficient (Wildman–Crippen LogP) is 4.06. The molecule has 0 radical (unpaired) electrons. The van der Waals surface area contributed by atoms with Crippen molar-refractivity contribution in [3.05, 3.63) is 29.8 Å². The summed E-state index contributed by atoms with van der Waals surface area (Å²) < 4.78 is 5.66. The zero-order valence-electron chi connectivity index (χ0n) is 11.3. The summed E-state index contributed by atoms with van der Waals surface area (Å²) >= 11 is 0. The number of hydrogen-bond donors (Lipinski definition) is 0. The van der Waals surface area contributed by atoms with Gasteiger partial charge in [0.1, 0.15) is 5.75 Å². The molecule has 96 valence electrons. The summed E-state index contributed by atoms with van der Waals surface area (Å²) in [5.41, 5.74) is 0.756. The fourth-order valence-corrected chi connectivity index (χ4v) is 2.70. The van der Waals surface area contributed by atoms with Crippen LogP contribution in [0, 0.1) is 17.2 Å². The molecule has 0 spiro atoms. The van der Waals surface area contributed by atoms with E-state index in [1.54, 1.807) is 0 Å². The maximum absolute atomic E-state index is 9.65. The minimum absolute atomic E-state index is 0.330. The molecule has 0 N–H and O–H groups in total. The summed E-state index contributed by atoms with van der Waals surface area (Å²) in [6.07, 6.45) is 4.06. The Hall–Kier alpha value is -1.49. The minimum Gasteiger partial charge on any atom is -0.493 e. The van der Waals surface area contributed by atoms with Gasteiger partial charge in [-0.1, -0.05) is 44.9 Å². The van der Waals surface area contributed by atoms with Crippen molar-refractivity contribution in [2.45, 2.75) is 44.9 Å². The highest BCUT2D eigenvalue weighted by Crippen LogP contribution is 2.41. The second-order valence-corrected chi connectivity index (χ2v) is 5.57. The van der Waals surface area contributed by atoms with Gasteiger partial charge in [0, 0.05) is 12.0 Å². The van der Waals surface area contributed by atoms with Crippen LogP contribution in [0.5, 0.6) is 5.75 Å². The molecule has 2 heteroatoms. The smallest absolute Gasteiger partial charge is 0.124 e. The monoisotopic (exact) mass is 243 g/mol. The van der Waals surface area contributed by atoms with Crippen molar-refractivity contribution in [3.8, 4) is 11.8 Å². The first-order chi connectivity index (χ1) is 8.68. The third-order valence-corrected chi connectivity index (χ3v) is 3.79. The molecule has 1 unspecified atom stereocenters. The van der Waals surface area contributed by atoms with Crippen LogP contribution < -0.4 is 4.74 Å². The predicted molar refractivity (Wildman–Crippen MR) is 72.5 cm³/mol. The first kappa shape index (κ1) is 13.0. The molecule has 0 aliphatic carbocycles. The summed E-state index contributed by atoms with van der Waals surface area (Å²) in [7, 11) is 0. The molecule has 1 aliphatic rings. The van der Waals surface area contributed by atoms with Gasteiger partial charge in [-0.15, -0.1) is 0 Å². The lowest BCUT2D eigenvalue weighted by Crippen LogP contribution is -2.31. The minimum atomic E-state index is -0.330. The third-order valence-electron chi connectivity index (χ3n) is 3.79. The first-order valence-electron chi connectivity index (χ1n) is 6.81. The van der Waals surface area contributed by atoms with E-state index in [1.807, 2.05) is 24.3 Å². The van der Waals surface area contributed by atoms with Crippen LogP contribution >= 0.6 is 0 Å². The highest BCUT2D eigenvalue weighted by atomic mass is 16.5. The van der Waals surface area contributed by atoms with Gasteiger partial charge in [0.05, 0.1) is 18.1 Å². The van der Waals surface area contributed by atoms with Crippen molar-refractivity contribution in [1.82, 2.24) is 0 Å². The maximum atomic E-state index is 9.65. The van der Waals surface area contributed by atoms with Crippen molar-refractivity contribution >= 4 is 0 Å². The average molecular weight is 243 g/mol. The Balaban J connectivity index is 2.21. The van der Waals surface area contributed by atoms with E-state index < -0.39 is 0 Å². The lowest BCUT2D eigenvalue weighted by atomic mass is 9.73. The Morgan fingerprint density at radius 1 is 1.39 bits per heavy atom. The molecule has 0 saturated heterocycles. The molecule has 2 rings (SSSR count). The van der Waals surface area contributed by atoms with E-state index in [0.29, 0.717) is 12.5 Å². The molecule has 1 aliphatic heterocycles. The fourth-order valence-electron chi connectivity index (χ4n) is 2.70. The maximum Gasteiger partial charge on any atom is 0.124 e. The quantitative estimate of drug-likeness (QED) is 0.799. The van der Waals surface area contributed by atoms with Gasteiger partial charge < -0.3 is 4.74 Å². The molecule has 2 nitrogen and oxygen atoms in total. The van der Waals surface area contributed by atoms with E-state index >= 15 is 0 Å². The SMILES string of the molecule is CC(C)CCCC1(C#N)CCOc2ccccc21. The highest BCUT2D eigenvalue weighted by Gasteiger charge is 2.37. The van der Waals surface area contributed by atoms with E-state index in [9.17, 15) is 5.26 Å². The van der Waals surface area contributed by atoms with E-state index in [0.717, 1.165) is 30.6 Å². The summed E-state index contributed by atoms with van der Waals surface area (Å²) in [5.74, 6) is 1.60. The van der Waals surface area contributed by atoms with Gasteiger partial charge in [0.2, 0.25) is 0 Å². The van der Waals surface area contributed by atoms with Crippen molar-refractivity contribution in [2.24, 2.45) is 5.92 Å². The van der Waals surface area contributed by atoms with E-state index in [-0.39, 0.29) is 5.41 Å². The molecule has 0 aromatic heterocycles. The van der Waals surface area contributed by atoms with Crippen LogP contribution in [0.25, 0.3) is 0 Å². The Bertz CT molecular complexity index is 447. The fraction of sp³-hybridized carbons (Fsp3) is 0.562. The van der Waals surface area contributed by atoms with Crippen LogP contribution in [0.3, 0.4) is 0 Å². The number of benzene rings is 1. The Morgan fingerprint density at radius 3 is 2.89 bits per heavy atom. The molecule has 0 fully saturated rings. The standard InChI is InChI=1S/C16H21NO/c1-13(2)6-5-9-16(12-17)10-11-18-15-8-4-3-7-14(15)16/h3-4,7-8,13H,5-6,9-11H2,1-2H3. The number of fused-ring (bicyclic) bond motifs is 1. The molecule has 0 saturated carbocycles. The van der Waals surface area contributed by atoms with Crippen LogP contribution in [0.4, 0.5) is 0 Å². The molecule has 0 bridgehead atoms. The Morgan fingerprint density at radius 2 is 2.17 bits per heavy atom. The molecule has 1 aromatic carbocycles. The van der Waals surface area contributed by atoms with Crippen LogP contribution in [0.1, 0.15) is 45.1 Å². The summed E-state index contributed by atoms with van der Waals surface area (Å²) in [6, 6.07) is 10.6. The van der Waals surface area contributed by atoms with Gasteiger partial charge in [-0.3, -0.25) is 0 Å². The Kier molecular flexibility index (Phi) is 3.91. The Labute approximate surface area is 110 Å². The van der Waals surface area contributed by atoms with Gasteiger partial charge in [-0.2, -0.15) is 5.26 Å². The second-order valence-electron chi connectivity index (χ2n) is 5.57. The van der Waals surface area contributed by atoms with Gasteiger partial charge in [-0.25, -0.2) is 0 Å². The number of nitriles is 1. The van der Waals surface area contributed by atoms with Crippen molar-refractivity contribution in [2.75, 3.05) is 6.61 Å². The lowest BCUT2D eigenvalue weighted by Gasteiger charge is -2.33.